The predicted octanol–water partition coefficient (Wildman–Crippen LogP) is 5.67. The minimum Gasteiger partial charge on any atom is -0.481 e. The van der Waals surface area contributed by atoms with Crippen LogP contribution >= 0.6 is 0 Å². The third kappa shape index (κ3) is 32.0. The summed E-state index contributed by atoms with van der Waals surface area (Å²) < 4.78 is 21.2. The van der Waals surface area contributed by atoms with E-state index in [0.717, 1.165) is 44.9 Å². The van der Waals surface area contributed by atoms with E-state index in [4.69, 9.17) is 24.1 Å². The van der Waals surface area contributed by atoms with Gasteiger partial charge in [-0.3, -0.25) is 33.6 Å². The molecule has 0 saturated carbocycles. The Kier molecular flexibility index (Phi) is 33.4. The maximum Gasteiger partial charge on any atom is 0.358 e. The van der Waals surface area contributed by atoms with E-state index in [2.05, 4.69) is 10.2 Å². The molecular weight excluding hydrogens is 784 g/mol. The van der Waals surface area contributed by atoms with Gasteiger partial charge in [0.15, 0.2) is 5.78 Å². The summed E-state index contributed by atoms with van der Waals surface area (Å²) in [5.41, 5.74) is 0. The summed E-state index contributed by atoms with van der Waals surface area (Å²) >= 11 is 0. The highest BCUT2D eigenvalue weighted by molar-refractivity contribution is 6.01. The van der Waals surface area contributed by atoms with Crippen molar-refractivity contribution in [3.63, 3.8) is 0 Å². The van der Waals surface area contributed by atoms with Crippen molar-refractivity contribution in [2.45, 2.75) is 161 Å². The minimum absolute atomic E-state index is 0.00459. The molecule has 1 rings (SSSR count). The van der Waals surface area contributed by atoms with Gasteiger partial charge in [0.2, 0.25) is 5.91 Å². The lowest BCUT2D eigenvalue weighted by atomic mass is 9.94. The van der Waals surface area contributed by atoms with E-state index < -0.39 is 42.2 Å². The van der Waals surface area contributed by atoms with Crippen LogP contribution in [0.3, 0.4) is 0 Å². The van der Waals surface area contributed by atoms with Crippen molar-refractivity contribution in [1.82, 2.24) is 10.4 Å². The summed E-state index contributed by atoms with van der Waals surface area (Å²) in [5, 5.41) is 21.4. The van der Waals surface area contributed by atoms with Crippen LogP contribution in [0.5, 0.6) is 0 Å². The van der Waals surface area contributed by atoms with Gasteiger partial charge in [-0.1, -0.05) is 89.9 Å². The van der Waals surface area contributed by atoms with Crippen molar-refractivity contribution in [1.29, 1.82) is 0 Å². The molecule has 344 valence electrons. The van der Waals surface area contributed by atoms with Gasteiger partial charge in [-0.25, -0.2) is 4.79 Å². The average molecular weight is 857 g/mol. The van der Waals surface area contributed by atoms with Crippen LogP contribution in [-0.4, -0.2) is 122 Å². The number of aliphatic carboxylic acids is 2. The minimum atomic E-state index is -1.07. The zero-order valence-electron chi connectivity index (χ0n) is 35.8. The Bertz CT molecular complexity index is 1240. The number of hydroxylamine groups is 2. The van der Waals surface area contributed by atoms with Crippen LogP contribution in [-0.2, 0) is 62.1 Å². The van der Waals surface area contributed by atoms with Crippen LogP contribution in [0.1, 0.15) is 161 Å². The van der Waals surface area contributed by atoms with Gasteiger partial charge in [0.05, 0.1) is 39.0 Å². The van der Waals surface area contributed by atoms with E-state index in [-0.39, 0.29) is 109 Å². The summed E-state index contributed by atoms with van der Waals surface area (Å²) in [4.78, 5) is 98.0. The van der Waals surface area contributed by atoms with Crippen molar-refractivity contribution in [3.05, 3.63) is 0 Å². The molecule has 0 unspecified atom stereocenters. The molecule has 1 fully saturated rings. The molecule has 0 spiro atoms. The molecule has 0 aliphatic carbocycles. The highest BCUT2D eigenvalue weighted by Gasteiger charge is 2.32. The van der Waals surface area contributed by atoms with Gasteiger partial charge in [0.1, 0.15) is 19.0 Å². The molecule has 0 aromatic heterocycles. The molecule has 0 aromatic rings. The Morgan fingerprint density at radius 2 is 1.00 bits per heavy atom. The summed E-state index contributed by atoms with van der Waals surface area (Å²) in [6.07, 6.45) is 19.4. The number of hydrogen-bond acceptors (Lipinski definition) is 13. The molecule has 1 aliphatic rings. The lowest BCUT2D eigenvalue weighted by molar-refractivity contribution is -0.200. The Balaban J connectivity index is 1.90. The van der Waals surface area contributed by atoms with Crippen molar-refractivity contribution in [3.8, 4) is 0 Å². The largest absolute Gasteiger partial charge is 0.481 e. The van der Waals surface area contributed by atoms with Crippen molar-refractivity contribution >= 4 is 47.2 Å². The molecule has 1 saturated heterocycles. The molecule has 3 amide bonds. The molecule has 17 heteroatoms. The van der Waals surface area contributed by atoms with E-state index in [1.54, 1.807) is 0 Å². The quantitative estimate of drug-likeness (QED) is 0.0495. The number of ether oxygens (including phenoxy) is 4. The highest BCUT2D eigenvalue weighted by Crippen LogP contribution is 2.17. The number of carboxylic acid groups (broad SMARTS) is 2. The first-order valence-corrected chi connectivity index (χ1v) is 22.1. The molecule has 60 heavy (non-hydrogen) atoms. The fourth-order valence-corrected chi connectivity index (χ4v) is 6.43. The number of amides is 3. The maximum atomic E-state index is 12.4. The molecule has 1 atom stereocenters. The predicted molar refractivity (Wildman–Crippen MR) is 218 cm³/mol. The monoisotopic (exact) mass is 856 g/mol. The summed E-state index contributed by atoms with van der Waals surface area (Å²) in [5.74, 6) is -5.17. The zero-order chi connectivity index (χ0) is 44.1. The van der Waals surface area contributed by atoms with Gasteiger partial charge in [0.25, 0.3) is 11.8 Å². The smallest absolute Gasteiger partial charge is 0.358 e. The number of Topliss-reactive ketones (excluding diaryl/α,β-unsaturated/α-hetero) is 2. The molecule has 3 N–H and O–H groups in total. The number of carboxylic acids is 2. The number of nitrogens with one attached hydrogen (secondary N) is 1. The lowest BCUT2D eigenvalue weighted by Crippen LogP contribution is -2.33. The second-order valence-corrected chi connectivity index (χ2v) is 15.2. The normalized spacial score (nSPS) is 13.1. The fourth-order valence-electron chi connectivity index (χ4n) is 6.43. The second-order valence-electron chi connectivity index (χ2n) is 15.2. The first kappa shape index (κ1) is 54.2. The van der Waals surface area contributed by atoms with E-state index in [0.29, 0.717) is 24.5 Å². The van der Waals surface area contributed by atoms with Crippen LogP contribution in [0.4, 0.5) is 0 Å². The molecule has 1 heterocycles. The van der Waals surface area contributed by atoms with Crippen molar-refractivity contribution in [2.24, 2.45) is 5.92 Å². The van der Waals surface area contributed by atoms with E-state index in [9.17, 15) is 43.5 Å². The molecule has 0 aromatic carbocycles. The van der Waals surface area contributed by atoms with Crippen LogP contribution < -0.4 is 5.32 Å². The number of imide groups is 1. The highest BCUT2D eigenvalue weighted by atomic mass is 16.7. The van der Waals surface area contributed by atoms with Gasteiger partial charge in [-0.2, -0.15) is 0 Å². The summed E-state index contributed by atoms with van der Waals surface area (Å²) in [6, 6.07) is 0. The molecule has 1 aliphatic heterocycles. The third-order valence-corrected chi connectivity index (χ3v) is 9.88. The summed E-state index contributed by atoms with van der Waals surface area (Å²) in [7, 11) is 0. The topological polar surface area (TPSA) is 238 Å². The van der Waals surface area contributed by atoms with Gasteiger partial charge in [-0.15, -0.1) is 5.06 Å². The van der Waals surface area contributed by atoms with Crippen molar-refractivity contribution in [2.75, 3.05) is 59.4 Å². The van der Waals surface area contributed by atoms with Crippen molar-refractivity contribution < 1.29 is 72.4 Å². The fraction of sp³-hybridized carbons (Fsp3) is 0.814. The third-order valence-electron chi connectivity index (χ3n) is 9.88. The Morgan fingerprint density at radius 3 is 1.53 bits per heavy atom. The standard InChI is InChI=1S/C43H72N2O15/c46-36(18-15-13-11-9-7-5-3-1-2-4-6-8-10-12-14-16-20-41(51)52)32-35(43(54)55)21-22-38(48)44-25-27-57-29-30-58-33-37(47)19-17-26-56-28-31-59-34-42(53)60-45-39(49)23-24-40(45)50/h35H,1-34H2,(H,44,48)(H,51,52)(H,54,55)/t35-/m1/s1. The SMILES string of the molecule is O=C(O)CCCCCCCCCCCCCCCCCCC(=O)C[C@@H](CCC(=O)NCCOCCOCC(=O)CCCOCCOCC(=O)ON1C(=O)CCC1=O)C(=O)O. The Hall–Kier alpha value is -3.80. The number of rotatable bonds is 43. The van der Waals surface area contributed by atoms with Gasteiger partial charge in [0, 0.05) is 58.1 Å². The lowest BCUT2D eigenvalue weighted by Gasteiger charge is -2.12. The zero-order valence-corrected chi connectivity index (χ0v) is 35.8. The molecular formula is C43H72N2O15. The number of unbranched alkanes of at least 4 members (excludes halogenated alkanes) is 15. The Labute approximate surface area is 355 Å². The van der Waals surface area contributed by atoms with E-state index in [1.807, 2.05) is 0 Å². The van der Waals surface area contributed by atoms with E-state index >= 15 is 0 Å². The number of carbonyl (C=O) groups is 8. The van der Waals surface area contributed by atoms with Crippen LogP contribution in [0.25, 0.3) is 0 Å². The van der Waals surface area contributed by atoms with Gasteiger partial charge in [-0.05, 0) is 25.7 Å². The maximum absolute atomic E-state index is 12.4. The summed E-state index contributed by atoms with van der Waals surface area (Å²) in [6.45, 7) is 0.886. The average Bonchev–Trinajstić information content (AvgIpc) is 3.52. The first-order valence-electron chi connectivity index (χ1n) is 22.1. The molecule has 0 radical (unpaired) electrons. The molecule has 0 bridgehead atoms. The van der Waals surface area contributed by atoms with E-state index in [1.165, 1.54) is 57.8 Å². The Morgan fingerprint density at radius 1 is 0.533 bits per heavy atom. The number of hydrogen-bond donors (Lipinski definition) is 3. The van der Waals surface area contributed by atoms with Gasteiger partial charge >= 0.3 is 17.9 Å². The second kappa shape index (κ2) is 37.0. The van der Waals surface area contributed by atoms with Gasteiger partial charge < -0.3 is 39.3 Å². The first-order chi connectivity index (χ1) is 29.0. The van der Waals surface area contributed by atoms with Crippen LogP contribution in [0.15, 0.2) is 0 Å². The van der Waals surface area contributed by atoms with Crippen LogP contribution in [0, 0.1) is 5.92 Å². The molecule has 17 nitrogen and oxygen atoms in total. The number of carbonyl (C=O) groups excluding carboxylic acids is 6. The number of ketones is 2. The van der Waals surface area contributed by atoms with Crippen LogP contribution in [0.2, 0.25) is 0 Å². The number of nitrogens with zero attached hydrogens (tertiary/aromatic N) is 1.